The minimum Gasteiger partial charge on any atom is -0.314 e. The summed E-state index contributed by atoms with van der Waals surface area (Å²) in [5.74, 6) is 0. The van der Waals surface area contributed by atoms with Crippen molar-refractivity contribution < 1.29 is 1.43 Å². The van der Waals surface area contributed by atoms with Crippen molar-refractivity contribution >= 4 is 0 Å². The van der Waals surface area contributed by atoms with Gasteiger partial charge in [-0.3, -0.25) is 0 Å². The average Bonchev–Trinajstić information content (AvgIpc) is 1.86. The fraction of sp³-hybridized carbons (Fsp3) is 1.00. The predicted octanol–water partition coefficient (Wildman–Crippen LogP) is 1.00. The lowest BCUT2D eigenvalue weighted by Crippen LogP contribution is -2.16. The van der Waals surface area contributed by atoms with E-state index >= 15 is 0 Å². The second kappa shape index (κ2) is 1.61. The normalized spacial score (nSPS) is 34.5. The van der Waals surface area contributed by atoms with Crippen molar-refractivity contribution in [1.29, 1.82) is 0 Å². The molecule has 1 heterocycles. The summed E-state index contributed by atoms with van der Waals surface area (Å²) in [7, 11) is 0. The first kappa shape index (κ1) is 4.13. The lowest BCUT2D eigenvalue weighted by Gasteiger charge is -1.95. The molecule has 0 aliphatic carbocycles. The van der Waals surface area contributed by atoms with Crippen LogP contribution in [0, 0.1) is 0 Å². The molecule has 1 atom stereocenters. The van der Waals surface area contributed by atoms with Crippen LogP contribution in [-0.4, -0.2) is 12.6 Å². The third kappa shape index (κ3) is 0.716. The maximum absolute atomic E-state index is 3.32. The molecule has 1 nitrogen and oxygen atoms in total. The van der Waals surface area contributed by atoms with Crippen LogP contribution in [-0.2, 0) is 0 Å². The molecular formula is C5H13N. The summed E-state index contributed by atoms with van der Waals surface area (Å²) in [6, 6.07) is 0.796. The molecule has 0 saturated carbocycles. The van der Waals surface area contributed by atoms with Gasteiger partial charge in [0.1, 0.15) is 0 Å². The van der Waals surface area contributed by atoms with E-state index in [9.17, 15) is 0 Å². The van der Waals surface area contributed by atoms with Crippen molar-refractivity contribution in [2.75, 3.05) is 6.54 Å². The third-order valence-electron chi connectivity index (χ3n) is 1.31. The van der Waals surface area contributed by atoms with E-state index in [1.54, 1.807) is 0 Å². The lowest BCUT2D eigenvalue weighted by atomic mass is 10.3. The van der Waals surface area contributed by atoms with Crippen LogP contribution in [0.2, 0.25) is 0 Å². The van der Waals surface area contributed by atoms with E-state index in [0.717, 1.165) is 6.04 Å². The van der Waals surface area contributed by atoms with Crippen molar-refractivity contribution in [3.8, 4) is 0 Å². The van der Waals surface area contributed by atoms with Gasteiger partial charge in [0, 0.05) is 7.47 Å². The topological polar surface area (TPSA) is 12.0 Å². The molecule has 0 unspecified atom stereocenters. The van der Waals surface area contributed by atoms with Gasteiger partial charge in [-0.05, 0) is 26.3 Å². The summed E-state index contributed by atoms with van der Waals surface area (Å²) in [6.45, 7) is 3.47. The van der Waals surface area contributed by atoms with Crippen molar-refractivity contribution in [3.05, 3.63) is 0 Å². The molecule has 1 aliphatic rings. The Kier molecular flexibility index (Phi) is 1.10. The molecule has 0 radical (unpaired) electrons. The zero-order valence-electron chi connectivity index (χ0n) is 4.20. The Balaban J connectivity index is 0.000000360. The molecule has 1 rings (SSSR count). The highest BCUT2D eigenvalue weighted by Gasteiger charge is 2.05. The molecule has 0 aromatic heterocycles. The quantitative estimate of drug-likeness (QED) is 0.465. The molecule has 0 amide bonds. The van der Waals surface area contributed by atoms with Gasteiger partial charge in [-0.15, -0.1) is 0 Å². The van der Waals surface area contributed by atoms with Crippen LogP contribution in [0.4, 0.5) is 0 Å². The highest BCUT2D eigenvalue weighted by Crippen LogP contribution is 2.01. The van der Waals surface area contributed by atoms with E-state index in [0.29, 0.717) is 0 Å². The van der Waals surface area contributed by atoms with Gasteiger partial charge in [0.05, 0.1) is 0 Å². The van der Waals surface area contributed by atoms with Crippen LogP contribution in [0.3, 0.4) is 0 Å². The Morgan fingerprint density at radius 1 is 1.83 bits per heavy atom. The summed E-state index contributed by atoms with van der Waals surface area (Å²) < 4.78 is 0. The van der Waals surface area contributed by atoms with Crippen LogP contribution >= 0.6 is 0 Å². The van der Waals surface area contributed by atoms with Gasteiger partial charge >= 0.3 is 0 Å². The van der Waals surface area contributed by atoms with E-state index < -0.39 is 0 Å². The number of hydrogen-bond acceptors (Lipinski definition) is 1. The summed E-state index contributed by atoms with van der Waals surface area (Å²) in [4.78, 5) is 0. The van der Waals surface area contributed by atoms with E-state index in [4.69, 9.17) is 0 Å². The molecule has 6 heavy (non-hydrogen) atoms. The van der Waals surface area contributed by atoms with Gasteiger partial charge in [-0.25, -0.2) is 0 Å². The predicted molar refractivity (Wildman–Crippen MR) is 28.8 cm³/mol. The summed E-state index contributed by atoms with van der Waals surface area (Å²) in [5.41, 5.74) is 0. The van der Waals surface area contributed by atoms with E-state index in [1.165, 1.54) is 19.4 Å². The third-order valence-corrected chi connectivity index (χ3v) is 1.31. The van der Waals surface area contributed by atoms with Gasteiger partial charge in [0.15, 0.2) is 0 Å². The summed E-state index contributed by atoms with van der Waals surface area (Å²) in [5, 5.41) is 3.32. The molecule has 1 aliphatic heterocycles. The van der Waals surface area contributed by atoms with E-state index in [2.05, 4.69) is 12.2 Å². The molecule has 1 saturated heterocycles. The van der Waals surface area contributed by atoms with Gasteiger partial charge in [0.25, 0.3) is 0 Å². The van der Waals surface area contributed by atoms with Crippen LogP contribution in [0.15, 0.2) is 0 Å². The molecule has 1 N–H and O–H groups in total. The number of rotatable bonds is 0. The molecule has 1 fully saturated rings. The molecule has 0 bridgehead atoms. The largest absolute Gasteiger partial charge is 0.314 e. The SMILES string of the molecule is C[C@@H]1CCCN1.[HH]. The van der Waals surface area contributed by atoms with Gasteiger partial charge in [-0.2, -0.15) is 0 Å². The van der Waals surface area contributed by atoms with Crippen molar-refractivity contribution in [2.24, 2.45) is 0 Å². The van der Waals surface area contributed by atoms with Crippen LogP contribution in [0.25, 0.3) is 0 Å². The smallest absolute Gasteiger partial charge is 0.00391 e. The molecule has 0 aromatic carbocycles. The number of nitrogens with one attached hydrogen (secondary N) is 1. The molecule has 0 aromatic rings. The van der Waals surface area contributed by atoms with Crippen LogP contribution in [0.1, 0.15) is 21.2 Å². The maximum atomic E-state index is 3.32. The van der Waals surface area contributed by atoms with Gasteiger partial charge in [0.2, 0.25) is 0 Å². The van der Waals surface area contributed by atoms with Crippen molar-refractivity contribution in [2.45, 2.75) is 25.8 Å². The van der Waals surface area contributed by atoms with E-state index in [1.807, 2.05) is 0 Å². The van der Waals surface area contributed by atoms with Crippen molar-refractivity contribution in [1.82, 2.24) is 5.32 Å². The Bertz CT molecular complexity index is 41.3. The average molecular weight is 87.2 g/mol. The summed E-state index contributed by atoms with van der Waals surface area (Å²) >= 11 is 0. The first-order valence-corrected chi connectivity index (χ1v) is 2.63. The van der Waals surface area contributed by atoms with Gasteiger partial charge < -0.3 is 5.32 Å². The molecular weight excluding hydrogens is 74.1 g/mol. The zero-order valence-corrected chi connectivity index (χ0v) is 4.20. The molecule has 38 valence electrons. The monoisotopic (exact) mass is 87.1 g/mol. The fourth-order valence-corrected chi connectivity index (χ4v) is 0.859. The first-order valence-electron chi connectivity index (χ1n) is 2.63. The first-order chi connectivity index (χ1) is 2.89. The maximum Gasteiger partial charge on any atom is 0.00391 e. The minimum atomic E-state index is 0. The van der Waals surface area contributed by atoms with Crippen LogP contribution < -0.4 is 5.32 Å². The van der Waals surface area contributed by atoms with E-state index in [-0.39, 0.29) is 1.43 Å². The Labute approximate surface area is 40.2 Å². The second-order valence-electron chi connectivity index (χ2n) is 2.00. The Hall–Kier alpha value is -0.0400. The van der Waals surface area contributed by atoms with Crippen LogP contribution in [0.5, 0.6) is 0 Å². The minimum absolute atomic E-state index is 0. The standard InChI is InChI=1S/C5H11N.H2/c1-5-3-2-4-6-5;/h5-6H,2-4H2,1H3;1H/t5-;/m1./s1. The van der Waals surface area contributed by atoms with Gasteiger partial charge in [-0.1, -0.05) is 0 Å². The molecule has 1 heteroatoms. The molecule has 0 spiro atoms. The Morgan fingerprint density at radius 2 is 2.67 bits per heavy atom. The lowest BCUT2D eigenvalue weighted by molar-refractivity contribution is 0.664. The van der Waals surface area contributed by atoms with Crippen molar-refractivity contribution in [3.63, 3.8) is 0 Å². The zero-order chi connectivity index (χ0) is 4.41. The second-order valence-corrected chi connectivity index (χ2v) is 2.00. The fourth-order valence-electron chi connectivity index (χ4n) is 0.859. The Morgan fingerprint density at radius 3 is 2.83 bits per heavy atom. The highest BCUT2D eigenvalue weighted by molar-refractivity contribution is 4.67. The number of hydrogen-bond donors (Lipinski definition) is 1. The highest BCUT2D eigenvalue weighted by atomic mass is 14.9. The summed E-state index contributed by atoms with van der Waals surface area (Å²) in [6.07, 6.45) is 2.75.